The smallest absolute Gasteiger partial charge is 0.132 e. The molecule has 1 N–H and O–H groups in total. The summed E-state index contributed by atoms with van der Waals surface area (Å²) in [6.07, 6.45) is 2.26. The molecule has 0 saturated carbocycles. The maximum absolute atomic E-state index is 6.07. The van der Waals surface area contributed by atoms with Crippen molar-refractivity contribution in [2.75, 3.05) is 6.54 Å². The van der Waals surface area contributed by atoms with E-state index in [0.29, 0.717) is 0 Å². The molecule has 0 amide bonds. The van der Waals surface area contributed by atoms with Crippen molar-refractivity contribution in [1.82, 2.24) is 5.32 Å². The van der Waals surface area contributed by atoms with Gasteiger partial charge in [0.05, 0.1) is 0 Å². The summed E-state index contributed by atoms with van der Waals surface area (Å²) < 4.78 is 6.00. The SMILES string of the molecule is CCCc1ccc(Oc2ccc(Cl)cc2CNCC)cc1. The van der Waals surface area contributed by atoms with Gasteiger partial charge in [0.2, 0.25) is 0 Å². The maximum Gasteiger partial charge on any atom is 0.132 e. The number of aryl methyl sites for hydroxylation is 1. The Morgan fingerprint density at radius 1 is 1.05 bits per heavy atom. The van der Waals surface area contributed by atoms with E-state index in [1.54, 1.807) is 0 Å². The second kappa shape index (κ2) is 8.06. The highest BCUT2D eigenvalue weighted by Gasteiger charge is 2.06. The summed E-state index contributed by atoms with van der Waals surface area (Å²) in [5.41, 5.74) is 2.41. The van der Waals surface area contributed by atoms with E-state index < -0.39 is 0 Å². The van der Waals surface area contributed by atoms with E-state index in [1.807, 2.05) is 30.3 Å². The largest absolute Gasteiger partial charge is 0.457 e. The molecule has 0 aliphatic heterocycles. The summed E-state index contributed by atoms with van der Waals surface area (Å²) in [7, 11) is 0. The molecule has 2 rings (SSSR count). The van der Waals surface area contributed by atoms with E-state index in [0.717, 1.165) is 48.0 Å². The van der Waals surface area contributed by atoms with Gasteiger partial charge in [-0.2, -0.15) is 0 Å². The minimum atomic E-state index is 0.730. The first-order valence-electron chi connectivity index (χ1n) is 7.49. The standard InChI is InChI=1S/C18H22ClNO/c1-3-5-14-6-9-17(10-7-14)21-18-11-8-16(19)12-15(18)13-20-4-2/h6-12,20H,3-5,13H2,1-2H3. The third-order valence-electron chi connectivity index (χ3n) is 3.28. The van der Waals surface area contributed by atoms with Gasteiger partial charge in [-0.15, -0.1) is 0 Å². The van der Waals surface area contributed by atoms with E-state index in [-0.39, 0.29) is 0 Å². The van der Waals surface area contributed by atoms with Crippen LogP contribution < -0.4 is 10.1 Å². The van der Waals surface area contributed by atoms with Gasteiger partial charge in [0, 0.05) is 17.1 Å². The van der Waals surface area contributed by atoms with Crippen LogP contribution in [0.25, 0.3) is 0 Å². The predicted octanol–water partition coefficient (Wildman–Crippen LogP) is 5.19. The maximum atomic E-state index is 6.07. The molecule has 0 radical (unpaired) electrons. The first-order chi connectivity index (χ1) is 10.2. The zero-order valence-corrected chi connectivity index (χ0v) is 13.4. The minimum absolute atomic E-state index is 0.730. The van der Waals surface area contributed by atoms with Gasteiger partial charge >= 0.3 is 0 Å². The van der Waals surface area contributed by atoms with Crippen LogP contribution in [0.1, 0.15) is 31.4 Å². The van der Waals surface area contributed by atoms with Gasteiger partial charge in [-0.1, -0.05) is 44.0 Å². The fourth-order valence-corrected chi connectivity index (χ4v) is 2.38. The molecule has 0 aliphatic rings. The van der Waals surface area contributed by atoms with Crippen molar-refractivity contribution in [3.8, 4) is 11.5 Å². The van der Waals surface area contributed by atoms with Crippen molar-refractivity contribution < 1.29 is 4.74 Å². The van der Waals surface area contributed by atoms with Gasteiger partial charge in [0.1, 0.15) is 11.5 Å². The summed E-state index contributed by atoms with van der Waals surface area (Å²) in [5, 5.41) is 4.04. The molecular weight excluding hydrogens is 282 g/mol. The van der Waals surface area contributed by atoms with Crippen molar-refractivity contribution in [3.63, 3.8) is 0 Å². The highest BCUT2D eigenvalue weighted by molar-refractivity contribution is 6.30. The molecule has 2 aromatic rings. The fourth-order valence-electron chi connectivity index (χ4n) is 2.19. The van der Waals surface area contributed by atoms with Gasteiger partial charge in [0.15, 0.2) is 0 Å². The molecule has 0 bridgehead atoms. The number of rotatable bonds is 7. The summed E-state index contributed by atoms with van der Waals surface area (Å²) in [6.45, 7) is 5.93. The minimum Gasteiger partial charge on any atom is -0.457 e. The van der Waals surface area contributed by atoms with Crippen LogP contribution in [0.2, 0.25) is 5.02 Å². The Balaban J connectivity index is 2.14. The van der Waals surface area contributed by atoms with E-state index in [9.17, 15) is 0 Å². The van der Waals surface area contributed by atoms with Crippen LogP contribution in [-0.2, 0) is 13.0 Å². The average Bonchev–Trinajstić information content (AvgIpc) is 2.49. The van der Waals surface area contributed by atoms with Crippen LogP contribution >= 0.6 is 11.6 Å². The van der Waals surface area contributed by atoms with E-state index in [2.05, 4.69) is 31.3 Å². The van der Waals surface area contributed by atoms with Gasteiger partial charge in [-0.3, -0.25) is 0 Å². The van der Waals surface area contributed by atoms with Crippen molar-refractivity contribution in [2.24, 2.45) is 0 Å². The van der Waals surface area contributed by atoms with Crippen LogP contribution in [0, 0.1) is 0 Å². The second-order valence-corrected chi connectivity index (χ2v) is 5.46. The summed E-state index contributed by atoms with van der Waals surface area (Å²) >= 11 is 6.07. The molecule has 0 unspecified atom stereocenters. The molecule has 0 aliphatic carbocycles. The third kappa shape index (κ3) is 4.76. The number of benzene rings is 2. The summed E-state index contributed by atoms with van der Waals surface area (Å²) in [6, 6.07) is 14.0. The number of hydrogen-bond donors (Lipinski definition) is 1. The van der Waals surface area contributed by atoms with E-state index >= 15 is 0 Å². The number of ether oxygens (including phenoxy) is 1. The number of halogens is 1. The molecule has 0 spiro atoms. The van der Waals surface area contributed by atoms with Crippen LogP contribution in [0.5, 0.6) is 11.5 Å². The Morgan fingerprint density at radius 2 is 1.81 bits per heavy atom. The number of nitrogens with one attached hydrogen (secondary N) is 1. The lowest BCUT2D eigenvalue weighted by atomic mass is 10.1. The van der Waals surface area contributed by atoms with Gasteiger partial charge in [-0.25, -0.2) is 0 Å². The zero-order chi connectivity index (χ0) is 15.1. The quantitative estimate of drug-likeness (QED) is 0.759. The number of hydrogen-bond acceptors (Lipinski definition) is 2. The van der Waals surface area contributed by atoms with Crippen LogP contribution in [0.3, 0.4) is 0 Å². The molecule has 3 heteroatoms. The predicted molar refractivity (Wildman–Crippen MR) is 89.3 cm³/mol. The lowest BCUT2D eigenvalue weighted by molar-refractivity contribution is 0.473. The molecule has 0 aromatic heterocycles. The molecule has 112 valence electrons. The van der Waals surface area contributed by atoms with Crippen molar-refractivity contribution in [3.05, 3.63) is 58.6 Å². The Morgan fingerprint density at radius 3 is 2.48 bits per heavy atom. The van der Waals surface area contributed by atoms with Gasteiger partial charge in [-0.05, 0) is 48.9 Å². The van der Waals surface area contributed by atoms with E-state index in [4.69, 9.17) is 16.3 Å². The molecule has 0 heterocycles. The molecule has 0 saturated heterocycles. The van der Waals surface area contributed by atoms with Gasteiger partial charge in [0.25, 0.3) is 0 Å². The first kappa shape index (κ1) is 15.9. The Hall–Kier alpha value is -1.51. The summed E-state index contributed by atoms with van der Waals surface area (Å²) in [4.78, 5) is 0. The highest BCUT2D eigenvalue weighted by Crippen LogP contribution is 2.28. The van der Waals surface area contributed by atoms with Crippen molar-refractivity contribution >= 4 is 11.6 Å². The lowest BCUT2D eigenvalue weighted by Crippen LogP contribution is -2.12. The average molecular weight is 304 g/mol. The fraction of sp³-hybridized carbons (Fsp3) is 0.333. The van der Waals surface area contributed by atoms with Crippen LogP contribution in [0.15, 0.2) is 42.5 Å². The van der Waals surface area contributed by atoms with E-state index in [1.165, 1.54) is 5.56 Å². The van der Waals surface area contributed by atoms with Crippen molar-refractivity contribution in [2.45, 2.75) is 33.2 Å². The first-order valence-corrected chi connectivity index (χ1v) is 7.86. The van der Waals surface area contributed by atoms with Crippen molar-refractivity contribution in [1.29, 1.82) is 0 Å². The molecule has 2 aromatic carbocycles. The monoisotopic (exact) mass is 303 g/mol. The Labute approximate surface area is 132 Å². The van der Waals surface area contributed by atoms with Gasteiger partial charge < -0.3 is 10.1 Å². The molecule has 0 fully saturated rings. The Bertz CT molecular complexity index is 566. The van der Waals surface area contributed by atoms with Crippen LogP contribution in [-0.4, -0.2) is 6.54 Å². The molecule has 2 nitrogen and oxygen atoms in total. The molecule has 0 atom stereocenters. The normalized spacial score (nSPS) is 10.6. The molecule has 21 heavy (non-hydrogen) atoms. The Kier molecular flexibility index (Phi) is 6.09. The zero-order valence-electron chi connectivity index (χ0n) is 12.7. The summed E-state index contributed by atoms with van der Waals surface area (Å²) in [5.74, 6) is 1.71. The lowest BCUT2D eigenvalue weighted by Gasteiger charge is -2.12. The highest BCUT2D eigenvalue weighted by atomic mass is 35.5. The third-order valence-corrected chi connectivity index (χ3v) is 3.51. The topological polar surface area (TPSA) is 21.3 Å². The van der Waals surface area contributed by atoms with Crippen LogP contribution in [0.4, 0.5) is 0 Å². The molecular formula is C18H22ClNO. The second-order valence-electron chi connectivity index (χ2n) is 5.03.